The lowest BCUT2D eigenvalue weighted by atomic mass is 10.1. The highest BCUT2D eigenvalue weighted by atomic mass is 32.2. The number of nitrogens with zero attached hydrogens (tertiary/aromatic N) is 2. The average Bonchev–Trinajstić information content (AvgIpc) is 2.42. The number of aromatic nitrogens is 1. The molecule has 0 unspecified atom stereocenters. The van der Waals surface area contributed by atoms with Gasteiger partial charge in [-0.1, -0.05) is 12.1 Å². The van der Waals surface area contributed by atoms with Gasteiger partial charge in [-0.3, -0.25) is 0 Å². The van der Waals surface area contributed by atoms with Crippen LogP contribution in [0.25, 0.3) is 0 Å². The predicted molar refractivity (Wildman–Crippen MR) is 78.9 cm³/mol. The van der Waals surface area contributed by atoms with Crippen LogP contribution in [0.1, 0.15) is 11.1 Å². The summed E-state index contributed by atoms with van der Waals surface area (Å²) in [6.45, 7) is 2.00. The van der Waals surface area contributed by atoms with E-state index in [0.717, 1.165) is 0 Å². The maximum atomic E-state index is 13.6. The monoisotopic (exact) mass is 309 g/mol. The van der Waals surface area contributed by atoms with Gasteiger partial charge in [0.05, 0.1) is 0 Å². The molecule has 0 radical (unpaired) electrons. The van der Waals surface area contributed by atoms with Crippen LogP contribution in [0.4, 0.5) is 10.2 Å². The van der Waals surface area contributed by atoms with Crippen LogP contribution in [0.3, 0.4) is 0 Å². The van der Waals surface area contributed by atoms with E-state index in [2.05, 4.69) is 4.98 Å². The molecule has 5 nitrogen and oxygen atoms in total. The minimum atomic E-state index is -3.86. The maximum absolute atomic E-state index is 13.6. The number of anilines is 1. The van der Waals surface area contributed by atoms with Gasteiger partial charge in [-0.25, -0.2) is 22.9 Å². The third kappa shape index (κ3) is 3.56. The number of halogens is 1. The minimum absolute atomic E-state index is 0.0555. The van der Waals surface area contributed by atoms with E-state index < -0.39 is 10.0 Å². The predicted octanol–water partition coefficient (Wildman–Crippen LogP) is 1.81. The standard InChI is InChI=1S/C14H16FN3O2S/c1-10-5-6-11(8-12(10)15)9-18(2)14-13(21(16,19)20)4-3-7-17-14/h3-8H,9H2,1-2H3,(H2,16,19,20). The lowest BCUT2D eigenvalue weighted by molar-refractivity contribution is 0.596. The van der Waals surface area contributed by atoms with Crippen molar-refractivity contribution in [2.45, 2.75) is 18.4 Å². The van der Waals surface area contributed by atoms with E-state index in [0.29, 0.717) is 17.7 Å². The van der Waals surface area contributed by atoms with Gasteiger partial charge in [-0.15, -0.1) is 0 Å². The van der Waals surface area contributed by atoms with Crippen LogP contribution < -0.4 is 10.0 Å². The Labute approximate surface area is 123 Å². The first-order valence-corrected chi connectivity index (χ1v) is 7.77. The summed E-state index contributed by atoms with van der Waals surface area (Å²) in [4.78, 5) is 5.61. The molecule has 0 amide bonds. The number of aryl methyl sites for hydroxylation is 1. The summed E-state index contributed by atoms with van der Waals surface area (Å²) in [7, 11) is -2.19. The van der Waals surface area contributed by atoms with Crippen molar-refractivity contribution in [2.24, 2.45) is 5.14 Å². The van der Waals surface area contributed by atoms with Crippen molar-refractivity contribution < 1.29 is 12.8 Å². The average molecular weight is 309 g/mol. The molecule has 112 valence electrons. The van der Waals surface area contributed by atoms with Crippen molar-refractivity contribution in [3.8, 4) is 0 Å². The van der Waals surface area contributed by atoms with E-state index in [1.165, 1.54) is 24.4 Å². The molecule has 2 aromatic rings. The van der Waals surface area contributed by atoms with Crippen LogP contribution in [0.5, 0.6) is 0 Å². The number of primary sulfonamides is 1. The second kappa shape index (κ2) is 5.79. The third-order valence-electron chi connectivity index (χ3n) is 3.07. The highest BCUT2D eigenvalue weighted by molar-refractivity contribution is 7.89. The van der Waals surface area contributed by atoms with Gasteiger partial charge in [0.15, 0.2) is 0 Å². The molecule has 7 heteroatoms. The Bertz CT molecular complexity index is 763. The molecule has 1 aromatic carbocycles. The lowest BCUT2D eigenvalue weighted by Gasteiger charge is -2.20. The molecule has 0 atom stereocenters. The van der Waals surface area contributed by atoms with Gasteiger partial charge >= 0.3 is 0 Å². The third-order valence-corrected chi connectivity index (χ3v) is 4.01. The summed E-state index contributed by atoms with van der Waals surface area (Å²) in [5.74, 6) is -0.0606. The largest absolute Gasteiger partial charge is 0.354 e. The molecular formula is C14H16FN3O2S. The van der Waals surface area contributed by atoms with Crippen molar-refractivity contribution in [1.29, 1.82) is 0 Å². The number of sulfonamides is 1. The Kier molecular flexibility index (Phi) is 4.24. The Morgan fingerprint density at radius 2 is 2.05 bits per heavy atom. The van der Waals surface area contributed by atoms with Crippen LogP contribution in [-0.2, 0) is 16.6 Å². The maximum Gasteiger partial charge on any atom is 0.241 e. The molecule has 0 spiro atoms. The fourth-order valence-corrected chi connectivity index (χ4v) is 2.71. The summed E-state index contributed by atoms with van der Waals surface area (Å²) in [5.41, 5.74) is 1.27. The summed E-state index contributed by atoms with van der Waals surface area (Å²) < 4.78 is 36.7. The Balaban J connectivity index is 2.33. The normalized spacial score (nSPS) is 11.4. The van der Waals surface area contributed by atoms with Gasteiger partial charge in [0.25, 0.3) is 0 Å². The number of hydrogen-bond donors (Lipinski definition) is 1. The van der Waals surface area contributed by atoms with Gasteiger partial charge in [0.1, 0.15) is 16.5 Å². The molecular weight excluding hydrogens is 293 g/mol. The number of nitrogens with two attached hydrogens (primary N) is 1. The second-order valence-corrected chi connectivity index (χ2v) is 6.34. The van der Waals surface area contributed by atoms with E-state index in [9.17, 15) is 12.8 Å². The van der Waals surface area contributed by atoms with E-state index in [1.54, 1.807) is 31.0 Å². The zero-order valence-electron chi connectivity index (χ0n) is 11.7. The highest BCUT2D eigenvalue weighted by Gasteiger charge is 2.18. The fraction of sp³-hybridized carbons (Fsp3) is 0.214. The second-order valence-electron chi connectivity index (χ2n) is 4.81. The highest BCUT2D eigenvalue weighted by Crippen LogP contribution is 2.22. The smallest absolute Gasteiger partial charge is 0.241 e. The Morgan fingerprint density at radius 3 is 2.67 bits per heavy atom. The molecule has 0 bridgehead atoms. The van der Waals surface area contributed by atoms with Gasteiger partial charge in [0, 0.05) is 19.8 Å². The molecule has 21 heavy (non-hydrogen) atoms. The van der Waals surface area contributed by atoms with Crippen molar-refractivity contribution >= 4 is 15.8 Å². The van der Waals surface area contributed by atoms with E-state index in [-0.39, 0.29) is 16.5 Å². The molecule has 1 aromatic heterocycles. The van der Waals surface area contributed by atoms with E-state index in [4.69, 9.17) is 5.14 Å². The van der Waals surface area contributed by atoms with Crippen molar-refractivity contribution in [3.63, 3.8) is 0 Å². The van der Waals surface area contributed by atoms with Crippen molar-refractivity contribution in [3.05, 3.63) is 53.5 Å². The van der Waals surface area contributed by atoms with Gasteiger partial charge in [0.2, 0.25) is 10.0 Å². The van der Waals surface area contributed by atoms with Crippen LogP contribution >= 0.6 is 0 Å². The zero-order chi connectivity index (χ0) is 15.6. The molecule has 2 N–H and O–H groups in total. The number of rotatable bonds is 4. The first-order chi connectivity index (χ1) is 9.79. The molecule has 0 aliphatic carbocycles. The number of hydrogen-bond acceptors (Lipinski definition) is 4. The van der Waals surface area contributed by atoms with Crippen LogP contribution in [-0.4, -0.2) is 20.4 Å². The minimum Gasteiger partial charge on any atom is -0.354 e. The SMILES string of the molecule is Cc1ccc(CN(C)c2ncccc2S(N)(=O)=O)cc1F. The summed E-state index contributed by atoms with van der Waals surface area (Å²) in [5, 5.41) is 5.18. The summed E-state index contributed by atoms with van der Waals surface area (Å²) >= 11 is 0. The first kappa shape index (κ1) is 15.4. The first-order valence-electron chi connectivity index (χ1n) is 6.23. The Morgan fingerprint density at radius 1 is 1.33 bits per heavy atom. The molecule has 0 aliphatic rings. The lowest BCUT2D eigenvalue weighted by Crippen LogP contribution is -2.23. The molecule has 0 aliphatic heterocycles. The molecule has 0 saturated heterocycles. The van der Waals surface area contributed by atoms with Crippen molar-refractivity contribution in [2.75, 3.05) is 11.9 Å². The molecule has 0 saturated carbocycles. The summed E-state index contributed by atoms with van der Waals surface area (Å²) in [6.07, 6.45) is 1.48. The topological polar surface area (TPSA) is 76.3 Å². The van der Waals surface area contributed by atoms with Gasteiger partial charge < -0.3 is 4.90 Å². The number of benzene rings is 1. The van der Waals surface area contributed by atoms with Gasteiger partial charge in [-0.2, -0.15) is 0 Å². The quantitative estimate of drug-likeness (QED) is 0.934. The van der Waals surface area contributed by atoms with Crippen molar-refractivity contribution in [1.82, 2.24) is 4.98 Å². The molecule has 2 rings (SSSR count). The van der Waals surface area contributed by atoms with Gasteiger partial charge in [-0.05, 0) is 36.2 Å². The van der Waals surface area contributed by atoms with Crippen LogP contribution in [0, 0.1) is 12.7 Å². The Hall–Kier alpha value is -1.99. The van der Waals surface area contributed by atoms with Crippen LogP contribution in [0.15, 0.2) is 41.4 Å². The van der Waals surface area contributed by atoms with E-state index >= 15 is 0 Å². The fourth-order valence-electron chi connectivity index (χ4n) is 1.97. The number of pyridine rings is 1. The molecule has 1 heterocycles. The van der Waals surface area contributed by atoms with Crippen LogP contribution in [0.2, 0.25) is 0 Å². The molecule has 0 fully saturated rings. The zero-order valence-corrected chi connectivity index (χ0v) is 12.6. The van der Waals surface area contributed by atoms with E-state index in [1.807, 2.05) is 0 Å². The summed E-state index contributed by atoms with van der Waals surface area (Å²) in [6, 6.07) is 7.78.